The van der Waals surface area contributed by atoms with E-state index in [-0.39, 0.29) is 11.5 Å². The summed E-state index contributed by atoms with van der Waals surface area (Å²) in [7, 11) is 0. The fourth-order valence-corrected chi connectivity index (χ4v) is 2.42. The smallest absolute Gasteiger partial charge is 0.344 e. The predicted octanol–water partition coefficient (Wildman–Crippen LogP) is 3.81. The van der Waals surface area contributed by atoms with Crippen molar-refractivity contribution >= 4 is 29.4 Å². The first-order chi connectivity index (χ1) is 11.5. The van der Waals surface area contributed by atoms with E-state index in [0.29, 0.717) is 27.6 Å². The van der Waals surface area contributed by atoms with Crippen LogP contribution in [0.25, 0.3) is 6.08 Å². The maximum absolute atomic E-state index is 12.4. The number of carbonyl (C=O) groups excluding carboxylic acids is 1. The molecule has 0 saturated carbocycles. The van der Waals surface area contributed by atoms with Crippen molar-refractivity contribution in [3.63, 3.8) is 0 Å². The molecule has 1 aliphatic rings. The zero-order chi connectivity index (χ0) is 17.3. The quantitative estimate of drug-likeness (QED) is 0.854. The second-order valence-electron chi connectivity index (χ2n) is 5.22. The molecule has 5 nitrogen and oxygen atoms in total. The normalized spacial score (nSPS) is 15.8. The second kappa shape index (κ2) is 6.37. The van der Waals surface area contributed by atoms with Gasteiger partial charge in [0.25, 0.3) is 0 Å². The SMILES string of the molecule is C[C@@H](Oc1ccc2c(c1)OC(=Cc1ccccc1Cl)C2=O)C(=O)O. The summed E-state index contributed by atoms with van der Waals surface area (Å²) < 4.78 is 10.9. The minimum absolute atomic E-state index is 0.154. The lowest BCUT2D eigenvalue weighted by atomic mass is 10.1. The Balaban J connectivity index is 1.88. The number of hydrogen-bond donors (Lipinski definition) is 1. The lowest BCUT2D eigenvalue weighted by molar-refractivity contribution is -0.144. The van der Waals surface area contributed by atoms with E-state index in [0.717, 1.165) is 0 Å². The number of Topliss-reactive ketones (excluding diaryl/α,β-unsaturated/α-hetero) is 1. The molecule has 0 bridgehead atoms. The highest BCUT2D eigenvalue weighted by molar-refractivity contribution is 6.32. The number of carboxylic acid groups (broad SMARTS) is 1. The summed E-state index contributed by atoms with van der Waals surface area (Å²) in [6, 6.07) is 11.7. The third-order valence-electron chi connectivity index (χ3n) is 3.49. The molecule has 0 saturated heterocycles. The Morgan fingerprint density at radius 3 is 2.75 bits per heavy atom. The number of carboxylic acids is 1. The Morgan fingerprint density at radius 2 is 2.04 bits per heavy atom. The van der Waals surface area contributed by atoms with Gasteiger partial charge in [0, 0.05) is 11.1 Å². The van der Waals surface area contributed by atoms with Gasteiger partial charge in [-0.3, -0.25) is 4.79 Å². The number of ketones is 1. The van der Waals surface area contributed by atoms with Crippen LogP contribution in [-0.4, -0.2) is 23.0 Å². The van der Waals surface area contributed by atoms with Crippen molar-refractivity contribution in [3.05, 3.63) is 64.4 Å². The molecular formula is C18H13ClO5. The molecule has 6 heteroatoms. The lowest BCUT2D eigenvalue weighted by Gasteiger charge is -2.10. The molecule has 0 unspecified atom stereocenters. The molecule has 1 atom stereocenters. The summed E-state index contributed by atoms with van der Waals surface area (Å²) in [5, 5.41) is 9.39. The van der Waals surface area contributed by atoms with Gasteiger partial charge in [-0.1, -0.05) is 29.8 Å². The molecule has 0 aliphatic carbocycles. The van der Waals surface area contributed by atoms with E-state index < -0.39 is 12.1 Å². The minimum atomic E-state index is -1.08. The molecule has 2 aromatic carbocycles. The maximum Gasteiger partial charge on any atom is 0.344 e. The number of halogens is 1. The van der Waals surface area contributed by atoms with Gasteiger partial charge in [0.05, 0.1) is 5.56 Å². The van der Waals surface area contributed by atoms with Gasteiger partial charge in [0.1, 0.15) is 11.5 Å². The topological polar surface area (TPSA) is 72.8 Å². The van der Waals surface area contributed by atoms with Gasteiger partial charge in [0.2, 0.25) is 5.78 Å². The van der Waals surface area contributed by atoms with Gasteiger partial charge < -0.3 is 14.6 Å². The average Bonchev–Trinajstić information content (AvgIpc) is 2.85. The van der Waals surface area contributed by atoms with Crippen LogP contribution in [0.2, 0.25) is 5.02 Å². The van der Waals surface area contributed by atoms with Crippen molar-refractivity contribution in [1.29, 1.82) is 0 Å². The molecule has 0 fully saturated rings. The van der Waals surface area contributed by atoms with E-state index in [1.54, 1.807) is 30.3 Å². The monoisotopic (exact) mass is 344 g/mol. The Morgan fingerprint density at radius 1 is 1.29 bits per heavy atom. The first-order valence-electron chi connectivity index (χ1n) is 7.18. The van der Waals surface area contributed by atoms with Crippen LogP contribution < -0.4 is 9.47 Å². The first kappa shape index (κ1) is 16.1. The molecule has 1 heterocycles. The number of rotatable bonds is 4. The van der Waals surface area contributed by atoms with Gasteiger partial charge in [-0.25, -0.2) is 4.79 Å². The molecule has 24 heavy (non-hydrogen) atoms. The van der Waals surface area contributed by atoms with Crippen molar-refractivity contribution in [3.8, 4) is 11.5 Å². The van der Waals surface area contributed by atoms with E-state index in [4.69, 9.17) is 26.2 Å². The summed E-state index contributed by atoms with van der Waals surface area (Å²) in [4.78, 5) is 23.2. The Bertz CT molecular complexity index is 856. The van der Waals surface area contributed by atoms with Crippen LogP contribution in [0.15, 0.2) is 48.2 Å². The third kappa shape index (κ3) is 3.12. The predicted molar refractivity (Wildman–Crippen MR) is 88.6 cm³/mol. The van der Waals surface area contributed by atoms with Crippen molar-refractivity contribution < 1.29 is 24.2 Å². The van der Waals surface area contributed by atoms with Crippen LogP contribution in [0.4, 0.5) is 0 Å². The first-order valence-corrected chi connectivity index (χ1v) is 7.56. The van der Waals surface area contributed by atoms with Gasteiger partial charge in [0.15, 0.2) is 11.9 Å². The van der Waals surface area contributed by atoms with Crippen LogP contribution in [0, 0.1) is 0 Å². The number of hydrogen-bond acceptors (Lipinski definition) is 4. The van der Waals surface area contributed by atoms with Gasteiger partial charge in [-0.2, -0.15) is 0 Å². The fraction of sp³-hybridized carbons (Fsp3) is 0.111. The highest BCUT2D eigenvalue weighted by Gasteiger charge is 2.28. The van der Waals surface area contributed by atoms with Crippen molar-refractivity contribution in [2.75, 3.05) is 0 Å². The molecule has 0 radical (unpaired) electrons. The summed E-state index contributed by atoms with van der Waals surface area (Å²) in [6.07, 6.45) is 0.573. The summed E-state index contributed by atoms with van der Waals surface area (Å²) in [5.74, 6) is -0.542. The number of benzene rings is 2. The molecule has 0 spiro atoms. The van der Waals surface area contributed by atoms with E-state index in [2.05, 4.69) is 0 Å². The molecule has 0 aromatic heterocycles. The molecule has 3 rings (SSSR count). The highest BCUT2D eigenvalue weighted by atomic mass is 35.5. The van der Waals surface area contributed by atoms with Crippen LogP contribution in [0.1, 0.15) is 22.8 Å². The molecule has 2 aromatic rings. The second-order valence-corrected chi connectivity index (χ2v) is 5.62. The zero-order valence-corrected chi connectivity index (χ0v) is 13.4. The van der Waals surface area contributed by atoms with Crippen molar-refractivity contribution in [2.45, 2.75) is 13.0 Å². The molecule has 1 aliphatic heterocycles. The molecular weight excluding hydrogens is 332 g/mol. The van der Waals surface area contributed by atoms with E-state index >= 15 is 0 Å². The number of fused-ring (bicyclic) bond motifs is 1. The standard InChI is InChI=1S/C18H13ClO5/c1-10(18(21)22)23-12-6-7-13-15(9-12)24-16(17(13)20)8-11-4-2-3-5-14(11)19/h2-10H,1H3,(H,21,22)/t10-/m1/s1. The lowest BCUT2D eigenvalue weighted by Crippen LogP contribution is -2.22. The number of allylic oxidation sites excluding steroid dienone is 1. The van der Waals surface area contributed by atoms with Crippen LogP contribution in [0.3, 0.4) is 0 Å². The third-order valence-corrected chi connectivity index (χ3v) is 3.84. The van der Waals surface area contributed by atoms with Crippen molar-refractivity contribution in [1.82, 2.24) is 0 Å². The number of aliphatic carboxylic acids is 1. The van der Waals surface area contributed by atoms with E-state index in [1.165, 1.54) is 19.1 Å². The van der Waals surface area contributed by atoms with Crippen molar-refractivity contribution in [2.24, 2.45) is 0 Å². The average molecular weight is 345 g/mol. The fourth-order valence-electron chi connectivity index (χ4n) is 2.23. The van der Waals surface area contributed by atoms with Gasteiger partial charge >= 0.3 is 5.97 Å². The molecule has 0 amide bonds. The van der Waals surface area contributed by atoms with Crippen LogP contribution in [0.5, 0.6) is 11.5 Å². The Kier molecular flexibility index (Phi) is 4.27. The summed E-state index contributed by atoms with van der Waals surface area (Å²) in [6.45, 7) is 1.42. The highest BCUT2D eigenvalue weighted by Crippen LogP contribution is 2.35. The van der Waals surface area contributed by atoms with Gasteiger partial charge in [-0.15, -0.1) is 0 Å². The summed E-state index contributed by atoms with van der Waals surface area (Å²) >= 11 is 6.09. The number of carbonyl (C=O) groups is 2. The zero-order valence-electron chi connectivity index (χ0n) is 12.7. The Labute approximate surface area is 143 Å². The van der Waals surface area contributed by atoms with Crippen LogP contribution >= 0.6 is 11.6 Å². The maximum atomic E-state index is 12.4. The number of ether oxygens (including phenoxy) is 2. The summed E-state index contributed by atoms with van der Waals surface area (Å²) in [5.41, 5.74) is 1.06. The van der Waals surface area contributed by atoms with E-state index in [1.807, 2.05) is 6.07 Å². The van der Waals surface area contributed by atoms with Crippen LogP contribution in [-0.2, 0) is 4.79 Å². The van der Waals surface area contributed by atoms with Gasteiger partial charge in [-0.05, 0) is 36.8 Å². The van der Waals surface area contributed by atoms with E-state index in [9.17, 15) is 9.59 Å². The largest absolute Gasteiger partial charge is 0.479 e. The Hall–Kier alpha value is -2.79. The molecule has 122 valence electrons. The molecule has 1 N–H and O–H groups in total. The minimum Gasteiger partial charge on any atom is -0.479 e.